The second-order valence-corrected chi connectivity index (χ2v) is 7.50. The number of fused-ring (bicyclic) bond motifs is 2. The molecule has 0 aromatic carbocycles. The van der Waals surface area contributed by atoms with Gasteiger partial charge in [0.2, 0.25) is 11.9 Å². The van der Waals surface area contributed by atoms with E-state index in [0.717, 1.165) is 34.6 Å². The van der Waals surface area contributed by atoms with Crippen molar-refractivity contribution in [2.45, 2.75) is 38.0 Å². The Morgan fingerprint density at radius 3 is 2.89 bits per heavy atom. The molecule has 0 amide bonds. The van der Waals surface area contributed by atoms with Crippen molar-refractivity contribution >= 4 is 17.2 Å². The first-order chi connectivity index (χ1) is 13.6. The molecule has 5 rings (SSSR count). The molecule has 2 aliphatic rings. The van der Waals surface area contributed by atoms with Crippen LogP contribution in [0.2, 0.25) is 0 Å². The highest BCUT2D eigenvalue weighted by Crippen LogP contribution is 2.36. The molecule has 0 atom stereocenters. The number of allylic oxidation sites excluding steroid dienone is 1. The van der Waals surface area contributed by atoms with E-state index in [9.17, 15) is 8.78 Å². The summed E-state index contributed by atoms with van der Waals surface area (Å²) in [6.45, 7) is 0.633. The number of aromatic nitrogens is 5. The van der Waals surface area contributed by atoms with Gasteiger partial charge in [0.05, 0.1) is 11.4 Å². The molecule has 0 spiro atoms. The highest BCUT2D eigenvalue weighted by atomic mass is 19.3. The molecule has 3 heterocycles. The van der Waals surface area contributed by atoms with Crippen LogP contribution in [0.5, 0.6) is 0 Å². The van der Waals surface area contributed by atoms with Crippen LogP contribution in [0.15, 0.2) is 36.8 Å². The molecule has 0 unspecified atom stereocenters. The fourth-order valence-corrected chi connectivity index (χ4v) is 3.93. The van der Waals surface area contributed by atoms with Crippen molar-refractivity contribution in [3.63, 3.8) is 0 Å². The van der Waals surface area contributed by atoms with Crippen LogP contribution in [0.3, 0.4) is 0 Å². The molecule has 0 saturated heterocycles. The molecule has 1 saturated carbocycles. The summed E-state index contributed by atoms with van der Waals surface area (Å²) in [7, 11) is 0. The van der Waals surface area contributed by atoms with Crippen LogP contribution < -0.4 is 5.32 Å². The van der Waals surface area contributed by atoms with E-state index in [1.54, 1.807) is 10.7 Å². The number of imidazole rings is 1. The van der Waals surface area contributed by atoms with Crippen LogP contribution in [-0.2, 0) is 6.42 Å². The normalized spacial score (nSPS) is 18.9. The zero-order valence-electron chi connectivity index (χ0n) is 15.3. The third-order valence-corrected chi connectivity index (χ3v) is 5.57. The lowest BCUT2D eigenvalue weighted by atomic mass is 9.87. The van der Waals surface area contributed by atoms with Crippen molar-refractivity contribution in [2.24, 2.45) is 5.92 Å². The maximum Gasteiger partial charge on any atom is 0.248 e. The minimum Gasteiger partial charge on any atom is -0.354 e. The van der Waals surface area contributed by atoms with Gasteiger partial charge in [-0.2, -0.15) is 5.10 Å². The van der Waals surface area contributed by atoms with Crippen LogP contribution in [0.1, 0.15) is 42.6 Å². The monoisotopic (exact) mass is 382 g/mol. The van der Waals surface area contributed by atoms with Crippen molar-refractivity contribution in [2.75, 3.05) is 11.9 Å². The van der Waals surface area contributed by atoms with E-state index in [0.29, 0.717) is 25.3 Å². The molecule has 8 heteroatoms. The zero-order valence-corrected chi connectivity index (χ0v) is 15.3. The summed E-state index contributed by atoms with van der Waals surface area (Å²) in [5.74, 6) is -1.68. The molecule has 0 bridgehead atoms. The predicted octanol–water partition coefficient (Wildman–Crippen LogP) is 3.74. The first kappa shape index (κ1) is 17.2. The van der Waals surface area contributed by atoms with Gasteiger partial charge in [0.15, 0.2) is 5.65 Å². The van der Waals surface area contributed by atoms with Crippen LogP contribution >= 0.6 is 0 Å². The van der Waals surface area contributed by atoms with Gasteiger partial charge in [0, 0.05) is 55.5 Å². The van der Waals surface area contributed by atoms with E-state index in [-0.39, 0.29) is 18.8 Å². The third kappa shape index (κ3) is 3.23. The van der Waals surface area contributed by atoms with Gasteiger partial charge in [-0.15, -0.1) is 0 Å². The highest BCUT2D eigenvalue weighted by molar-refractivity contribution is 5.82. The Kier molecular flexibility index (Phi) is 4.07. The van der Waals surface area contributed by atoms with Crippen molar-refractivity contribution < 1.29 is 8.78 Å². The summed E-state index contributed by atoms with van der Waals surface area (Å²) in [5, 5.41) is 7.83. The van der Waals surface area contributed by atoms with Crippen LogP contribution in [-0.4, -0.2) is 37.0 Å². The fraction of sp³-hybridized carbons (Fsp3) is 0.400. The number of rotatable bonds is 4. The number of nitrogens with one attached hydrogen (secondary N) is 1. The first-order valence-corrected chi connectivity index (χ1v) is 9.56. The summed E-state index contributed by atoms with van der Waals surface area (Å²) < 4.78 is 28.3. The number of hydrogen-bond acceptors (Lipinski definition) is 5. The van der Waals surface area contributed by atoms with E-state index in [1.165, 1.54) is 0 Å². The van der Waals surface area contributed by atoms with Crippen molar-refractivity contribution in [1.82, 2.24) is 24.6 Å². The van der Waals surface area contributed by atoms with Crippen LogP contribution in [0.4, 0.5) is 14.7 Å². The lowest BCUT2D eigenvalue weighted by Crippen LogP contribution is -2.28. The highest BCUT2D eigenvalue weighted by Gasteiger charge is 2.34. The van der Waals surface area contributed by atoms with Crippen molar-refractivity contribution in [3.05, 3.63) is 53.8 Å². The number of nitrogens with zero attached hydrogens (tertiary/aromatic N) is 5. The molecule has 28 heavy (non-hydrogen) atoms. The van der Waals surface area contributed by atoms with Gasteiger partial charge in [0.1, 0.15) is 0 Å². The Labute approximate surface area is 160 Å². The van der Waals surface area contributed by atoms with Crippen molar-refractivity contribution in [1.29, 1.82) is 0 Å². The molecule has 144 valence electrons. The van der Waals surface area contributed by atoms with Gasteiger partial charge in [-0.1, -0.05) is 6.08 Å². The van der Waals surface area contributed by atoms with Gasteiger partial charge in [0.25, 0.3) is 0 Å². The second kappa shape index (κ2) is 6.61. The molecule has 1 fully saturated rings. The molecule has 1 N–H and O–H groups in total. The standard InChI is InChI=1S/C20H20F2N6/c21-20(22)7-5-13(6-8-20)11-24-19-25-12-15-14(1-2-16(15)26-19)17-3-4-18-23-9-10-28(18)27-17/h1,3-4,9-10,12-13H,2,5-8,11H2,(H,24,25,26). The van der Waals surface area contributed by atoms with E-state index in [4.69, 9.17) is 0 Å². The van der Waals surface area contributed by atoms with E-state index in [2.05, 4.69) is 31.4 Å². The summed E-state index contributed by atoms with van der Waals surface area (Å²) >= 11 is 0. The first-order valence-electron chi connectivity index (χ1n) is 9.56. The van der Waals surface area contributed by atoms with Crippen LogP contribution in [0, 0.1) is 5.92 Å². The van der Waals surface area contributed by atoms with Crippen LogP contribution in [0.25, 0.3) is 11.2 Å². The average Bonchev–Trinajstić information content (AvgIpc) is 3.33. The minimum atomic E-state index is -2.49. The number of anilines is 1. The van der Waals surface area contributed by atoms with Gasteiger partial charge in [-0.3, -0.25) is 0 Å². The molecular weight excluding hydrogens is 362 g/mol. The van der Waals surface area contributed by atoms with E-state index >= 15 is 0 Å². The number of hydrogen-bond donors (Lipinski definition) is 1. The molecule has 0 aliphatic heterocycles. The van der Waals surface area contributed by atoms with E-state index in [1.807, 2.05) is 24.5 Å². The largest absolute Gasteiger partial charge is 0.354 e. The quantitative estimate of drug-likeness (QED) is 0.744. The predicted molar refractivity (Wildman–Crippen MR) is 101 cm³/mol. The molecule has 3 aromatic heterocycles. The number of halogens is 2. The molecule has 6 nitrogen and oxygen atoms in total. The Hall–Kier alpha value is -2.90. The topological polar surface area (TPSA) is 68.0 Å². The molecular formula is C20H20F2N6. The summed E-state index contributed by atoms with van der Waals surface area (Å²) in [6.07, 6.45) is 9.23. The smallest absolute Gasteiger partial charge is 0.248 e. The number of alkyl halides is 2. The SMILES string of the molecule is FC1(F)CCC(CNc2ncc3c(n2)CC=C3c2ccc3nccn3n2)CC1. The maximum absolute atomic E-state index is 13.3. The Morgan fingerprint density at radius 2 is 2.04 bits per heavy atom. The van der Waals surface area contributed by atoms with Crippen molar-refractivity contribution in [3.8, 4) is 0 Å². The Balaban J connectivity index is 1.28. The van der Waals surface area contributed by atoms with E-state index < -0.39 is 5.92 Å². The van der Waals surface area contributed by atoms with Gasteiger partial charge in [-0.05, 0) is 30.9 Å². The lowest BCUT2D eigenvalue weighted by molar-refractivity contribution is -0.0443. The Bertz CT molecular complexity index is 1050. The van der Waals surface area contributed by atoms with Gasteiger partial charge in [-0.25, -0.2) is 28.2 Å². The fourth-order valence-electron chi connectivity index (χ4n) is 3.93. The molecule has 3 aromatic rings. The second-order valence-electron chi connectivity index (χ2n) is 7.50. The third-order valence-electron chi connectivity index (χ3n) is 5.57. The summed E-state index contributed by atoms with van der Waals surface area (Å²) in [5.41, 5.74) is 4.62. The minimum absolute atomic E-state index is 0.0219. The average molecular weight is 382 g/mol. The summed E-state index contributed by atoms with van der Waals surface area (Å²) in [6, 6.07) is 3.89. The maximum atomic E-state index is 13.3. The van der Waals surface area contributed by atoms with Gasteiger partial charge >= 0.3 is 0 Å². The zero-order chi connectivity index (χ0) is 19.1. The molecule has 0 radical (unpaired) electrons. The molecule has 2 aliphatic carbocycles. The van der Waals surface area contributed by atoms with Gasteiger partial charge < -0.3 is 5.32 Å². The Morgan fingerprint density at radius 1 is 1.18 bits per heavy atom. The lowest BCUT2D eigenvalue weighted by Gasteiger charge is -2.28. The summed E-state index contributed by atoms with van der Waals surface area (Å²) in [4.78, 5) is 13.3.